The Hall–Kier alpha value is -0.640. The summed E-state index contributed by atoms with van der Waals surface area (Å²) in [5, 5.41) is 0. The van der Waals surface area contributed by atoms with Crippen LogP contribution in [0.1, 0.15) is 47.0 Å². The fourth-order valence-corrected chi connectivity index (χ4v) is 3.55. The van der Waals surface area contributed by atoms with Gasteiger partial charge in [0, 0.05) is 0 Å². The summed E-state index contributed by atoms with van der Waals surface area (Å²) in [5.41, 5.74) is -0.893. The lowest BCUT2D eigenvalue weighted by molar-refractivity contribution is -0.143. The predicted octanol–water partition coefficient (Wildman–Crippen LogP) is 3.93. The van der Waals surface area contributed by atoms with Gasteiger partial charge in [-0.25, -0.2) is 0 Å². The third-order valence-electron chi connectivity index (χ3n) is 2.54. The van der Waals surface area contributed by atoms with Crippen LogP contribution in [-0.2, 0) is 23.1 Å². The number of carbonyl (C=O) groups excluding carboxylic acids is 1. The Kier molecular flexibility index (Phi) is 10.7. The molecule has 0 aliphatic heterocycles. The number of esters is 1. The zero-order valence-corrected chi connectivity index (χ0v) is 13.9. The summed E-state index contributed by atoms with van der Waals surface area (Å²) in [6.45, 7) is 7.93. The molecule has 6 heteroatoms. The van der Waals surface area contributed by atoms with E-state index in [1.807, 2.05) is 12.2 Å². The van der Waals surface area contributed by atoms with Crippen LogP contribution in [0.4, 0.5) is 0 Å². The lowest BCUT2D eigenvalue weighted by Crippen LogP contribution is -2.25. The molecule has 0 amide bonds. The third-order valence-corrected chi connectivity index (χ3v) is 4.96. The Bertz CT molecular complexity index is 330. The van der Waals surface area contributed by atoms with Crippen molar-refractivity contribution in [3.8, 4) is 0 Å². The zero-order chi connectivity index (χ0) is 15.4. The van der Waals surface area contributed by atoms with E-state index in [1.165, 1.54) is 0 Å². The SMILES string of the molecule is CCC/C=C/C[C@@H](C(=O)OCC)P(=O)(OCC)OCC. The van der Waals surface area contributed by atoms with Gasteiger partial charge in [0.2, 0.25) is 0 Å². The lowest BCUT2D eigenvalue weighted by Gasteiger charge is -2.23. The van der Waals surface area contributed by atoms with Crippen molar-refractivity contribution < 1.29 is 23.1 Å². The number of hydrogen-bond acceptors (Lipinski definition) is 5. The number of ether oxygens (including phenoxy) is 1. The molecule has 0 aliphatic carbocycles. The Morgan fingerprint density at radius 1 is 1.05 bits per heavy atom. The fraction of sp³-hybridized carbons (Fsp3) is 0.786. The molecule has 0 radical (unpaired) electrons. The van der Waals surface area contributed by atoms with Gasteiger partial charge in [0.25, 0.3) is 0 Å². The van der Waals surface area contributed by atoms with Crippen molar-refractivity contribution in [2.45, 2.75) is 52.6 Å². The minimum Gasteiger partial charge on any atom is -0.465 e. The summed E-state index contributed by atoms with van der Waals surface area (Å²) in [6.07, 6.45) is 6.05. The van der Waals surface area contributed by atoms with E-state index < -0.39 is 19.2 Å². The van der Waals surface area contributed by atoms with Gasteiger partial charge < -0.3 is 13.8 Å². The summed E-state index contributed by atoms with van der Waals surface area (Å²) in [4.78, 5) is 12.0. The monoisotopic (exact) mass is 306 g/mol. The van der Waals surface area contributed by atoms with E-state index in [0.29, 0.717) is 6.42 Å². The Balaban J connectivity index is 5.04. The van der Waals surface area contributed by atoms with Crippen LogP contribution in [0.2, 0.25) is 0 Å². The number of carbonyl (C=O) groups is 1. The standard InChI is InChI=1S/C14H27O5P/c1-5-9-10-11-12-13(14(15)17-6-2)20(16,18-7-3)19-8-4/h10-11,13H,5-9,12H2,1-4H3/b11-10+/t13-/m0/s1. The first-order valence-corrected chi connectivity index (χ1v) is 8.87. The maximum atomic E-state index is 12.7. The molecule has 0 fully saturated rings. The van der Waals surface area contributed by atoms with Crippen molar-refractivity contribution in [3.05, 3.63) is 12.2 Å². The maximum Gasteiger partial charge on any atom is 0.345 e. The van der Waals surface area contributed by atoms with Gasteiger partial charge in [-0.15, -0.1) is 0 Å². The van der Waals surface area contributed by atoms with Gasteiger partial charge in [0.1, 0.15) is 0 Å². The van der Waals surface area contributed by atoms with E-state index >= 15 is 0 Å². The van der Waals surface area contributed by atoms with Crippen molar-refractivity contribution in [1.29, 1.82) is 0 Å². The first kappa shape index (κ1) is 19.4. The first-order valence-electron chi connectivity index (χ1n) is 7.26. The molecule has 0 aliphatic rings. The molecule has 20 heavy (non-hydrogen) atoms. The molecule has 0 aromatic rings. The molecule has 0 heterocycles. The second kappa shape index (κ2) is 11.1. The highest BCUT2D eigenvalue weighted by molar-refractivity contribution is 7.55. The van der Waals surface area contributed by atoms with Gasteiger partial charge >= 0.3 is 13.6 Å². The Morgan fingerprint density at radius 3 is 2.10 bits per heavy atom. The zero-order valence-electron chi connectivity index (χ0n) is 13.0. The van der Waals surface area contributed by atoms with Gasteiger partial charge in [-0.05, 0) is 33.6 Å². The highest BCUT2D eigenvalue weighted by atomic mass is 31.2. The van der Waals surface area contributed by atoms with E-state index in [-0.39, 0.29) is 19.8 Å². The van der Waals surface area contributed by atoms with Crippen LogP contribution in [0.5, 0.6) is 0 Å². The topological polar surface area (TPSA) is 61.8 Å². The van der Waals surface area contributed by atoms with Crippen molar-refractivity contribution >= 4 is 13.6 Å². The molecule has 0 aromatic carbocycles. The average Bonchev–Trinajstić information content (AvgIpc) is 2.39. The second-order valence-electron chi connectivity index (χ2n) is 4.14. The van der Waals surface area contributed by atoms with E-state index in [2.05, 4.69) is 6.92 Å². The van der Waals surface area contributed by atoms with Crippen LogP contribution < -0.4 is 0 Å². The smallest absolute Gasteiger partial charge is 0.345 e. The Labute approximate surface area is 122 Å². The van der Waals surface area contributed by atoms with Crippen LogP contribution in [0.3, 0.4) is 0 Å². The molecule has 0 spiro atoms. The molecule has 0 bridgehead atoms. The number of hydrogen-bond donors (Lipinski definition) is 0. The number of unbranched alkanes of at least 4 members (excludes halogenated alkanes) is 1. The minimum absolute atomic E-state index is 0.228. The van der Waals surface area contributed by atoms with Crippen molar-refractivity contribution in [2.24, 2.45) is 0 Å². The van der Waals surface area contributed by atoms with Crippen molar-refractivity contribution in [2.75, 3.05) is 19.8 Å². The molecule has 0 N–H and O–H groups in total. The maximum absolute atomic E-state index is 12.7. The Morgan fingerprint density at radius 2 is 1.65 bits per heavy atom. The van der Waals surface area contributed by atoms with Crippen molar-refractivity contribution in [1.82, 2.24) is 0 Å². The number of allylic oxidation sites excluding steroid dienone is 2. The molecule has 0 unspecified atom stereocenters. The molecular weight excluding hydrogens is 279 g/mol. The van der Waals surface area contributed by atoms with Gasteiger partial charge in [-0.3, -0.25) is 9.36 Å². The summed E-state index contributed by atoms with van der Waals surface area (Å²) in [5.74, 6) is -0.529. The largest absolute Gasteiger partial charge is 0.465 e. The van der Waals surface area contributed by atoms with E-state index in [4.69, 9.17) is 13.8 Å². The minimum atomic E-state index is -3.49. The van der Waals surface area contributed by atoms with E-state index in [1.54, 1.807) is 20.8 Å². The van der Waals surface area contributed by atoms with Crippen LogP contribution >= 0.6 is 7.60 Å². The molecule has 0 saturated carbocycles. The van der Waals surface area contributed by atoms with Crippen molar-refractivity contribution in [3.63, 3.8) is 0 Å². The van der Waals surface area contributed by atoms with Gasteiger partial charge in [0.05, 0.1) is 19.8 Å². The van der Waals surface area contributed by atoms with Crippen LogP contribution in [0.25, 0.3) is 0 Å². The summed E-state index contributed by atoms with van der Waals surface area (Å²) in [6, 6.07) is 0. The van der Waals surface area contributed by atoms with E-state index in [9.17, 15) is 9.36 Å². The third kappa shape index (κ3) is 6.69. The molecule has 0 saturated heterocycles. The summed E-state index contributed by atoms with van der Waals surface area (Å²) < 4.78 is 28.2. The summed E-state index contributed by atoms with van der Waals surface area (Å²) >= 11 is 0. The molecule has 1 atom stereocenters. The van der Waals surface area contributed by atoms with Gasteiger partial charge in [-0.2, -0.15) is 0 Å². The van der Waals surface area contributed by atoms with Gasteiger partial charge in [-0.1, -0.05) is 25.5 Å². The normalized spacial score (nSPS) is 13.6. The number of rotatable bonds is 11. The molecule has 118 valence electrons. The van der Waals surface area contributed by atoms with Crippen LogP contribution in [0, 0.1) is 0 Å². The molecule has 0 rings (SSSR count). The molecule has 5 nitrogen and oxygen atoms in total. The highest BCUT2D eigenvalue weighted by Crippen LogP contribution is 2.54. The quantitative estimate of drug-likeness (QED) is 0.329. The summed E-state index contributed by atoms with van der Waals surface area (Å²) in [7, 11) is -3.49. The van der Waals surface area contributed by atoms with E-state index in [0.717, 1.165) is 12.8 Å². The average molecular weight is 306 g/mol. The first-order chi connectivity index (χ1) is 9.55. The second-order valence-corrected chi connectivity index (χ2v) is 6.36. The van der Waals surface area contributed by atoms with Crippen LogP contribution in [-0.4, -0.2) is 31.4 Å². The molecular formula is C14H27O5P. The predicted molar refractivity (Wildman–Crippen MR) is 79.9 cm³/mol. The molecule has 0 aromatic heterocycles. The van der Waals surface area contributed by atoms with Gasteiger partial charge in [0.15, 0.2) is 5.66 Å². The lowest BCUT2D eigenvalue weighted by atomic mass is 10.2. The van der Waals surface area contributed by atoms with Crippen LogP contribution in [0.15, 0.2) is 12.2 Å². The highest BCUT2D eigenvalue weighted by Gasteiger charge is 2.41. The fourth-order valence-electron chi connectivity index (χ4n) is 1.68.